The summed E-state index contributed by atoms with van der Waals surface area (Å²) in [6, 6.07) is 1.78. The van der Waals surface area contributed by atoms with Crippen molar-refractivity contribution in [2.24, 2.45) is 5.92 Å². The highest BCUT2D eigenvalue weighted by Crippen LogP contribution is 2.27. The summed E-state index contributed by atoms with van der Waals surface area (Å²) in [7, 11) is 0. The molecule has 1 atom stereocenters. The lowest BCUT2D eigenvalue weighted by Crippen LogP contribution is -2.33. The molecule has 0 amide bonds. The summed E-state index contributed by atoms with van der Waals surface area (Å²) in [6.07, 6.45) is 2.49. The number of carboxylic acids is 1. The van der Waals surface area contributed by atoms with Gasteiger partial charge in [0.05, 0.1) is 0 Å². The molecule has 1 aromatic heterocycles. The second-order valence-electron chi connectivity index (χ2n) is 4.17. The van der Waals surface area contributed by atoms with E-state index in [2.05, 4.69) is 11.8 Å². The predicted molar refractivity (Wildman–Crippen MR) is 61.9 cm³/mol. The molecule has 0 saturated carbocycles. The normalized spacial score (nSPS) is 21.7. The van der Waals surface area contributed by atoms with E-state index in [-0.39, 0.29) is 0 Å². The molecule has 1 aliphatic rings. The van der Waals surface area contributed by atoms with Crippen LogP contribution in [0.15, 0.2) is 11.4 Å². The summed E-state index contributed by atoms with van der Waals surface area (Å²) in [5.41, 5.74) is 1.07. The fraction of sp³-hybridized carbons (Fsp3) is 0.545. The minimum absolute atomic E-state index is 0.434. The predicted octanol–water partition coefficient (Wildman–Crippen LogP) is 2.68. The number of carboxylic acid groups (broad SMARTS) is 1. The van der Waals surface area contributed by atoms with Crippen LogP contribution in [0.4, 0.5) is 5.69 Å². The van der Waals surface area contributed by atoms with Crippen LogP contribution >= 0.6 is 11.3 Å². The molecule has 1 fully saturated rings. The van der Waals surface area contributed by atoms with E-state index in [1.54, 1.807) is 6.07 Å². The number of piperidine rings is 1. The van der Waals surface area contributed by atoms with Gasteiger partial charge in [0.25, 0.3) is 0 Å². The van der Waals surface area contributed by atoms with Crippen molar-refractivity contribution in [3.05, 3.63) is 16.3 Å². The molecule has 3 nitrogen and oxygen atoms in total. The van der Waals surface area contributed by atoms with Gasteiger partial charge in [-0.2, -0.15) is 0 Å². The molecular formula is C11H15NO2S. The molecule has 15 heavy (non-hydrogen) atoms. The van der Waals surface area contributed by atoms with Gasteiger partial charge in [-0.3, -0.25) is 0 Å². The van der Waals surface area contributed by atoms with E-state index in [9.17, 15) is 4.79 Å². The Morgan fingerprint density at radius 2 is 2.47 bits per heavy atom. The zero-order valence-electron chi connectivity index (χ0n) is 8.77. The van der Waals surface area contributed by atoms with E-state index in [4.69, 9.17) is 5.11 Å². The highest BCUT2D eigenvalue weighted by Gasteiger charge is 2.18. The average Bonchev–Trinajstić information content (AvgIpc) is 2.66. The maximum absolute atomic E-state index is 10.8. The number of hydrogen-bond acceptors (Lipinski definition) is 3. The number of aromatic carboxylic acids is 1. The zero-order valence-corrected chi connectivity index (χ0v) is 9.59. The van der Waals surface area contributed by atoms with Crippen LogP contribution < -0.4 is 4.90 Å². The van der Waals surface area contributed by atoms with Crippen LogP contribution in [0.3, 0.4) is 0 Å². The van der Waals surface area contributed by atoms with Gasteiger partial charge in [0.15, 0.2) is 0 Å². The summed E-state index contributed by atoms with van der Waals surface area (Å²) < 4.78 is 0. The highest BCUT2D eigenvalue weighted by atomic mass is 32.1. The van der Waals surface area contributed by atoms with E-state index < -0.39 is 5.97 Å². The monoisotopic (exact) mass is 225 g/mol. The van der Waals surface area contributed by atoms with Crippen LogP contribution in [0.1, 0.15) is 29.4 Å². The number of hydrogen-bond donors (Lipinski definition) is 1. The van der Waals surface area contributed by atoms with Crippen LogP contribution in [-0.2, 0) is 0 Å². The first-order chi connectivity index (χ1) is 7.16. The number of thiophene rings is 1. The van der Waals surface area contributed by atoms with Crippen molar-refractivity contribution in [3.8, 4) is 0 Å². The summed E-state index contributed by atoms with van der Waals surface area (Å²) in [5, 5.41) is 10.8. The standard InChI is InChI=1S/C11H15NO2S/c1-8-3-2-4-12(6-8)9-5-10(11(13)14)15-7-9/h5,7-8H,2-4,6H2,1H3,(H,13,14). The van der Waals surface area contributed by atoms with E-state index >= 15 is 0 Å². The molecule has 1 aromatic rings. The molecule has 2 rings (SSSR count). The van der Waals surface area contributed by atoms with E-state index in [1.807, 2.05) is 5.38 Å². The summed E-state index contributed by atoms with van der Waals surface area (Å²) in [4.78, 5) is 13.5. The number of rotatable bonds is 2. The zero-order chi connectivity index (χ0) is 10.8. The van der Waals surface area contributed by atoms with Gasteiger partial charge in [-0.1, -0.05) is 6.92 Å². The van der Waals surface area contributed by atoms with Crippen LogP contribution in [0.5, 0.6) is 0 Å². The lowest BCUT2D eigenvalue weighted by molar-refractivity contribution is 0.0702. The van der Waals surface area contributed by atoms with E-state index in [1.165, 1.54) is 24.2 Å². The Bertz CT molecular complexity index is 361. The van der Waals surface area contributed by atoms with Crippen molar-refractivity contribution in [2.75, 3.05) is 18.0 Å². The van der Waals surface area contributed by atoms with Gasteiger partial charge in [0.2, 0.25) is 0 Å². The third-order valence-electron chi connectivity index (χ3n) is 2.82. The maximum atomic E-state index is 10.8. The van der Waals surface area contributed by atoms with Crippen LogP contribution in [0.2, 0.25) is 0 Å². The Morgan fingerprint density at radius 3 is 3.07 bits per heavy atom. The lowest BCUT2D eigenvalue weighted by atomic mass is 10.0. The van der Waals surface area contributed by atoms with Gasteiger partial charge >= 0.3 is 5.97 Å². The number of carbonyl (C=O) groups is 1. The smallest absolute Gasteiger partial charge is 0.345 e. The van der Waals surface area contributed by atoms with Gasteiger partial charge in [0.1, 0.15) is 4.88 Å². The summed E-state index contributed by atoms with van der Waals surface area (Å²) in [6.45, 7) is 4.35. The van der Waals surface area contributed by atoms with Crippen molar-refractivity contribution >= 4 is 23.0 Å². The molecule has 1 N–H and O–H groups in total. The highest BCUT2D eigenvalue weighted by molar-refractivity contribution is 7.12. The van der Waals surface area contributed by atoms with Crippen molar-refractivity contribution < 1.29 is 9.90 Å². The van der Waals surface area contributed by atoms with E-state index in [0.717, 1.165) is 18.8 Å². The Hall–Kier alpha value is -1.03. The van der Waals surface area contributed by atoms with Gasteiger partial charge in [-0.05, 0) is 24.8 Å². The fourth-order valence-corrected chi connectivity index (χ4v) is 2.78. The lowest BCUT2D eigenvalue weighted by Gasteiger charge is -2.31. The first-order valence-corrected chi connectivity index (χ1v) is 6.11. The first kappa shape index (κ1) is 10.5. The molecule has 1 aliphatic heterocycles. The van der Waals surface area contributed by atoms with Crippen molar-refractivity contribution in [3.63, 3.8) is 0 Å². The van der Waals surface area contributed by atoms with Crippen LogP contribution in [-0.4, -0.2) is 24.2 Å². The second kappa shape index (κ2) is 4.23. The Morgan fingerprint density at radius 1 is 1.67 bits per heavy atom. The number of anilines is 1. The van der Waals surface area contributed by atoms with Gasteiger partial charge in [-0.15, -0.1) is 11.3 Å². The fourth-order valence-electron chi connectivity index (χ4n) is 2.03. The van der Waals surface area contributed by atoms with Gasteiger partial charge < -0.3 is 10.0 Å². The third kappa shape index (κ3) is 2.31. The largest absolute Gasteiger partial charge is 0.477 e. The molecule has 0 aromatic carbocycles. The minimum atomic E-state index is -0.823. The molecule has 1 saturated heterocycles. The summed E-state index contributed by atoms with van der Waals surface area (Å²) in [5.74, 6) is -0.108. The Labute approximate surface area is 93.3 Å². The third-order valence-corrected chi connectivity index (χ3v) is 3.72. The van der Waals surface area contributed by atoms with Crippen molar-refractivity contribution in [2.45, 2.75) is 19.8 Å². The molecule has 4 heteroatoms. The molecule has 0 spiro atoms. The molecule has 82 valence electrons. The SMILES string of the molecule is CC1CCCN(c2csc(C(=O)O)c2)C1. The van der Waals surface area contributed by atoms with Gasteiger partial charge in [0, 0.05) is 24.2 Å². The molecular weight excluding hydrogens is 210 g/mol. The van der Waals surface area contributed by atoms with Gasteiger partial charge in [-0.25, -0.2) is 4.79 Å². The molecule has 2 heterocycles. The van der Waals surface area contributed by atoms with Crippen LogP contribution in [0.25, 0.3) is 0 Å². The summed E-state index contributed by atoms with van der Waals surface area (Å²) >= 11 is 1.31. The first-order valence-electron chi connectivity index (χ1n) is 5.23. The maximum Gasteiger partial charge on any atom is 0.345 e. The quantitative estimate of drug-likeness (QED) is 0.841. The molecule has 0 radical (unpaired) electrons. The second-order valence-corrected chi connectivity index (χ2v) is 5.08. The number of nitrogens with zero attached hydrogens (tertiary/aromatic N) is 1. The van der Waals surface area contributed by atoms with Crippen LogP contribution in [0, 0.1) is 5.92 Å². The molecule has 0 aliphatic carbocycles. The minimum Gasteiger partial charge on any atom is -0.477 e. The average molecular weight is 225 g/mol. The topological polar surface area (TPSA) is 40.5 Å². The van der Waals surface area contributed by atoms with Crippen molar-refractivity contribution in [1.29, 1.82) is 0 Å². The molecule has 0 bridgehead atoms. The molecule has 1 unspecified atom stereocenters. The Kier molecular flexibility index (Phi) is 2.95. The van der Waals surface area contributed by atoms with E-state index in [0.29, 0.717) is 10.8 Å². The van der Waals surface area contributed by atoms with Crippen molar-refractivity contribution in [1.82, 2.24) is 0 Å². The Balaban J connectivity index is 2.11.